The first-order chi connectivity index (χ1) is 6.65. The van der Waals surface area contributed by atoms with E-state index in [0.717, 1.165) is 5.56 Å². The molecule has 0 aliphatic carbocycles. The van der Waals surface area contributed by atoms with Gasteiger partial charge < -0.3 is 10.8 Å². The van der Waals surface area contributed by atoms with Crippen LogP contribution in [0.4, 0.5) is 0 Å². The van der Waals surface area contributed by atoms with Crippen molar-refractivity contribution < 1.29 is 5.11 Å². The number of hydrogen-bond acceptors (Lipinski definition) is 2. The lowest BCUT2D eigenvalue weighted by Gasteiger charge is -2.11. The molecule has 1 aromatic carbocycles. The van der Waals surface area contributed by atoms with Gasteiger partial charge in [-0.05, 0) is 30.0 Å². The fourth-order valence-electron chi connectivity index (χ4n) is 1.43. The third-order valence-corrected chi connectivity index (χ3v) is 2.43. The third-order valence-electron chi connectivity index (χ3n) is 2.43. The maximum atomic E-state index is 9.67. The van der Waals surface area contributed by atoms with Gasteiger partial charge in [-0.15, -0.1) is 0 Å². The summed E-state index contributed by atoms with van der Waals surface area (Å²) in [6.07, 6.45) is 0.210. The van der Waals surface area contributed by atoms with E-state index in [1.165, 1.54) is 5.56 Å². The van der Waals surface area contributed by atoms with Crippen LogP contribution in [0.25, 0.3) is 0 Å². The minimum Gasteiger partial charge on any atom is -0.388 e. The summed E-state index contributed by atoms with van der Waals surface area (Å²) in [5, 5.41) is 9.67. The molecule has 0 spiro atoms. The molecule has 3 N–H and O–H groups in total. The predicted octanol–water partition coefficient (Wildman–Crippen LogP) is 2.19. The molecule has 0 radical (unpaired) electrons. The van der Waals surface area contributed by atoms with Crippen LogP contribution in [0.15, 0.2) is 24.3 Å². The first kappa shape index (κ1) is 11.2. The van der Waals surface area contributed by atoms with Crippen molar-refractivity contribution in [1.29, 1.82) is 0 Å². The van der Waals surface area contributed by atoms with Gasteiger partial charge >= 0.3 is 0 Å². The monoisotopic (exact) mass is 193 g/mol. The Labute approximate surface area is 85.8 Å². The molecule has 0 amide bonds. The highest BCUT2D eigenvalue weighted by atomic mass is 16.3. The summed E-state index contributed by atoms with van der Waals surface area (Å²) in [5.74, 6) is 0.538. The average molecular weight is 193 g/mol. The van der Waals surface area contributed by atoms with Crippen LogP contribution in [-0.4, -0.2) is 11.7 Å². The van der Waals surface area contributed by atoms with E-state index in [1.54, 1.807) is 0 Å². The van der Waals surface area contributed by atoms with Crippen molar-refractivity contribution in [2.75, 3.05) is 6.54 Å². The fraction of sp³-hybridized carbons (Fsp3) is 0.500. The quantitative estimate of drug-likeness (QED) is 0.770. The molecule has 0 aromatic heterocycles. The van der Waals surface area contributed by atoms with Crippen LogP contribution in [-0.2, 0) is 0 Å². The van der Waals surface area contributed by atoms with Crippen LogP contribution in [0.1, 0.15) is 43.4 Å². The highest BCUT2D eigenvalue weighted by Gasteiger charge is 2.06. The summed E-state index contributed by atoms with van der Waals surface area (Å²) in [7, 11) is 0. The molecule has 0 aliphatic heterocycles. The molecule has 0 saturated carbocycles. The van der Waals surface area contributed by atoms with E-state index in [-0.39, 0.29) is 0 Å². The van der Waals surface area contributed by atoms with E-state index < -0.39 is 6.10 Å². The highest BCUT2D eigenvalue weighted by molar-refractivity contribution is 5.26. The van der Waals surface area contributed by atoms with Gasteiger partial charge in [0.15, 0.2) is 0 Å². The number of aliphatic hydroxyl groups is 1. The van der Waals surface area contributed by atoms with Crippen molar-refractivity contribution in [2.45, 2.75) is 32.3 Å². The van der Waals surface area contributed by atoms with E-state index in [1.807, 2.05) is 12.1 Å². The highest BCUT2D eigenvalue weighted by Crippen LogP contribution is 2.19. The lowest BCUT2D eigenvalue weighted by molar-refractivity contribution is 0.170. The summed E-state index contributed by atoms with van der Waals surface area (Å²) in [4.78, 5) is 0. The molecule has 0 fully saturated rings. The number of rotatable bonds is 4. The molecule has 78 valence electrons. The van der Waals surface area contributed by atoms with E-state index in [2.05, 4.69) is 26.0 Å². The Kier molecular flexibility index (Phi) is 4.11. The SMILES string of the molecule is CC(C)c1ccc([C@H](O)CCN)cc1. The minimum atomic E-state index is -0.416. The van der Waals surface area contributed by atoms with Crippen molar-refractivity contribution in [1.82, 2.24) is 0 Å². The third kappa shape index (κ3) is 2.82. The van der Waals surface area contributed by atoms with Gasteiger partial charge in [0.25, 0.3) is 0 Å². The molecule has 2 nitrogen and oxygen atoms in total. The first-order valence-electron chi connectivity index (χ1n) is 5.13. The van der Waals surface area contributed by atoms with Crippen molar-refractivity contribution in [2.24, 2.45) is 5.73 Å². The average Bonchev–Trinajstić information content (AvgIpc) is 2.18. The fourth-order valence-corrected chi connectivity index (χ4v) is 1.43. The smallest absolute Gasteiger partial charge is 0.0802 e. The molecule has 0 saturated heterocycles. The molecule has 1 rings (SSSR count). The van der Waals surface area contributed by atoms with Gasteiger partial charge in [0, 0.05) is 0 Å². The number of aliphatic hydroxyl groups excluding tert-OH is 1. The molecule has 0 unspecified atom stereocenters. The van der Waals surface area contributed by atoms with E-state index in [0.29, 0.717) is 18.9 Å². The molecule has 0 aliphatic rings. The zero-order valence-electron chi connectivity index (χ0n) is 8.90. The van der Waals surface area contributed by atoms with Gasteiger partial charge in [-0.25, -0.2) is 0 Å². The van der Waals surface area contributed by atoms with Gasteiger partial charge in [-0.2, -0.15) is 0 Å². The second kappa shape index (κ2) is 5.13. The predicted molar refractivity (Wildman–Crippen MR) is 59.2 cm³/mol. The summed E-state index contributed by atoms with van der Waals surface area (Å²) in [6.45, 7) is 4.84. The largest absolute Gasteiger partial charge is 0.388 e. The van der Waals surface area contributed by atoms with Crippen molar-refractivity contribution in [3.63, 3.8) is 0 Å². The zero-order chi connectivity index (χ0) is 10.6. The standard InChI is InChI=1S/C12H19NO/c1-9(2)10-3-5-11(6-4-10)12(14)7-8-13/h3-6,9,12,14H,7-8,13H2,1-2H3/t12-/m1/s1. The maximum Gasteiger partial charge on any atom is 0.0802 e. The molecular weight excluding hydrogens is 174 g/mol. The number of benzene rings is 1. The molecule has 0 heterocycles. The Hall–Kier alpha value is -0.860. The van der Waals surface area contributed by atoms with E-state index in [9.17, 15) is 5.11 Å². The zero-order valence-corrected chi connectivity index (χ0v) is 8.90. The summed E-state index contributed by atoms with van der Waals surface area (Å²) in [6, 6.07) is 8.10. The van der Waals surface area contributed by atoms with Crippen LogP contribution in [0.2, 0.25) is 0 Å². The molecule has 2 heteroatoms. The lowest BCUT2D eigenvalue weighted by atomic mass is 9.99. The number of hydrogen-bond donors (Lipinski definition) is 2. The van der Waals surface area contributed by atoms with Crippen LogP contribution in [0.3, 0.4) is 0 Å². The van der Waals surface area contributed by atoms with Crippen LogP contribution >= 0.6 is 0 Å². The Morgan fingerprint density at radius 3 is 2.07 bits per heavy atom. The summed E-state index contributed by atoms with van der Waals surface area (Å²) >= 11 is 0. The Bertz CT molecular complexity index is 266. The second-order valence-electron chi connectivity index (χ2n) is 3.91. The normalized spacial score (nSPS) is 13.2. The van der Waals surface area contributed by atoms with Gasteiger partial charge in [0.1, 0.15) is 0 Å². The number of nitrogens with two attached hydrogens (primary N) is 1. The van der Waals surface area contributed by atoms with E-state index in [4.69, 9.17) is 5.73 Å². The van der Waals surface area contributed by atoms with Crippen LogP contribution in [0, 0.1) is 0 Å². The molecule has 1 aromatic rings. The molecular formula is C12H19NO. The van der Waals surface area contributed by atoms with E-state index >= 15 is 0 Å². The Balaban J connectivity index is 2.72. The molecule has 0 bridgehead atoms. The first-order valence-corrected chi connectivity index (χ1v) is 5.13. The lowest BCUT2D eigenvalue weighted by Crippen LogP contribution is -2.06. The molecule has 1 atom stereocenters. The molecule has 14 heavy (non-hydrogen) atoms. The second-order valence-corrected chi connectivity index (χ2v) is 3.91. The minimum absolute atomic E-state index is 0.416. The van der Waals surface area contributed by atoms with Crippen molar-refractivity contribution in [3.05, 3.63) is 35.4 Å². The summed E-state index contributed by atoms with van der Waals surface area (Å²) in [5.41, 5.74) is 7.64. The van der Waals surface area contributed by atoms with Gasteiger partial charge in [0.05, 0.1) is 6.10 Å². The van der Waals surface area contributed by atoms with Gasteiger partial charge in [-0.3, -0.25) is 0 Å². The topological polar surface area (TPSA) is 46.2 Å². The van der Waals surface area contributed by atoms with Gasteiger partial charge in [0.2, 0.25) is 0 Å². The van der Waals surface area contributed by atoms with Crippen molar-refractivity contribution >= 4 is 0 Å². The Morgan fingerprint density at radius 2 is 1.64 bits per heavy atom. The van der Waals surface area contributed by atoms with Gasteiger partial charge in [-0.1, -0.05) is 38.1 Å². The van der Waals surface area contributed by atoms with Crippen LogP contribution < -0.4 is 5.73 Å². The Morgan fingerprint density at radius 1 is 1.14 bits per heavy atom. The van der Waals surface area contributed by atoms with Crippen LogP contribution in [0.5, 0.6) is 0 Å². The maximum absolute atomic E-state index is 9.67. The summed E-state index contributed by atoms with van der Waals surface area (Å²) < 4.78 is 0. The van der Waals surface area contributed by atoms with Crippen molar-refractivity contribution in [3.8, 4) is 0 Å².